The molecule has 0 amide bonds. The van der Waals surface area contributed by atoms with Gasteiger partial charge >= 0.3 is 0 Å². The van der Waals surface area contributed by atoms with Crippen LogP contribution in [0, 0.1) is 0 Å². The molecule has 3 aromatic rings. The quantitative estimate of drug-likeness (QED) is 0.669. The summed E-state index contributed by atoms with van der Waals surface area (Å²) >= 11 is 16.5. The predicted molar refractivity (Wildman–Crippen MR) is 78.1 cm³/mol. The summed E-state index contributed by atoms with van der Waals surface area (Å²) in [6, 6.07) is 5.80. The number of fused-ring (bicyclic) bond motifs is 1. The Labute approximate surface area is 120 Å². The minimum absolute atomic E-state index is 0.555. The minimum Gasteiger partial charge on any atom is -0.383 e. The van der Waals surface area contributed by atoms with E-state index in [2.05, 4.69) is 6.07 Å². The maximum absolute atomic E-state index is 10.3. The van der Waals surface area contributed by atoms with Crippen molar-refractivity contribution in [3.8, 4) is 0 Å². The fraction of sp³-hybridized carbons (Fsp3) is 0.0909. The maximum Gasteiger partial charge on any atom is 0.116 e. The summed E-state index contributed by atoms with van der Waals surface area (Å²) in [6.45, 7) is 0. The van der Waals surface area contributed by atoms with Crippen molar-refractivity contribution in [2.24, 2.45) is 0 Å². The summed E-state index contributed by atoms with van der Waals surface area (Å²) in [7, 11) is 0. The smallest absolute Gasteiger partial charge is 0.116 e. The molecular formula is C11H6Cl2OS3. The number of aliphatic hydroxyl groups excluding tert-OH is 1. The molecule has 0 aliphatic rings. The molecule has 0 aromatic carbocycles. The van der Waals surface area contributed by atoms with Gasteiger partial charge in [-0.1, -0.05) is 23.2 Å². The maximum atomic E-state index is 10.3. The van der Waals surface area contributed by atoms with Crippen LogP contribution in [0.25, 0.3) is 9.40 Å². The highest BCUT2D eigenvalue weighted by Gasteiger charge is 2.19. The van der Waals surface area contributed by atoms with Gasteiger partial charge in [0.25, 0.3) is 0 Å². The van der Waals surface area contributed by atoms with Gasteiger partial charge < -0.3 is 5.11 Å². The van der Waals surface area contributed by atoms with Crippen molar-refractivity contribution in [2.75, 3.05) is 0 Å². The van der Waals surface area contributed by atoms with Gasteiger partial charge in [0.1, 0.15) is 10.4 Å². The lowest BCUT2D eigenvalue weighted by molar-refractivity contribution is 0.225. The van der Waals surface area contributed by atoms with Crippen LogP contribution in [0.2, 0.25) is 8.67 Å². The van der Waals surface area contributed by atoms with Crippen LogP contribution in [-0.2, 0) is 0 Å². The SMILES string of the molecule is OC(c1cc2sccc2s1)c1cc(Cl)sc1Cl. The zero-order chi connectivity index (χ0) is 12.0. The lowest BCUT2D eigenvalue weighted by Crippen LogP contribution is -1.94. The topological polar surface area (TPSA) is 20.2 Å². The van der Waals surface area contributed by atoms with E-state index in [1.807, 2.05) is 11.4 Å². The molecular weight excluding hydrogens is 315 g/mol. The fourth-order valence-electron chi connectivity index (χ4n) is 1.61. The van der Waals surface area contributed by atoms with Gasteiger partial charge in [0.2, 0.25) is 0 Å². The van der Waals surface area contributed by atoms with Crippen LogP contribution < -0.4 is 0 Å². The van der Waals surface area contributed by atoms with Crippen LogP contribution in [0.1, 0.15) is 16.5 Å². The Hall–Kier alpha value is -0.100. The first-order chi connectivity index (χ1) is 8.15. The molecule has 0 aliphatic heterocycles. The molecule has 17 heavy (non-hydrogen) atoms. The lowest BCUT2D eigenvalue weighted by atomic mass is 10.2. The zero-order valence-electron chi connectivity index (χ0n) is 8.31. The molecule has 3 heterocycles. The molecule has 88 valence electrons. The monoisotopic (exact) mass is 320 g/mol. The number of rotatable bonds is 2. The van der Waals surface area contributed by atoms with Gasteiger partial charge in [0, 0.05) is 19.8 Å². The van der Waals surface area contributed by atoms with E-state index < -0.39 is 6.10 Å². The van der Waals surface area contributed by atoms with Gasteiger partial charge in [-0.15, -0.1) is 34.0 Å². The van der Waals surface area contributed by atoms with Crippen LogP contribution in [0.3, 0.4) is 0 Å². The summed E-state index contributed by atoms with van der Waals surface area (Å²) < 4.78 is 3.55. The van der Waals surface area contributed by atoms with E-state index in [1.165, 1.54) is 20.7 Å². The van der Waals surface area contributed by atoms with E-state index >= 15 is 0 Å². The molecule has 3 rings (SSSR count). The lowest BCUT2D eigenvalue weighted by Gasteiger charge is -2.06. The van der Waals surface area contributed by atoms with Crippen molar-refractivity contribution in [1.82, 2.24) is 0 Å². The van der Waals surface area contributed by atoms with Crippen LogP contribution in [0.5, 0.6) is 0 Å². The first-order valence-corrected chi connectivity index (χ1v) is 8.02. The Morgan fingerprint density at radius 2 is 1.94 bits per heavy atom. The van der Waals surface area contributed by atoms with E-state index in [-0.39, 0.29) is 0 Å². The zero-order valence-corrected chi connectivity index (χ0v) is 12.3. The molecule has 0 bridgehead atoms. The number of aliphatic hydroxyl groups is 1. The number of halogens is 2. The third kappa shape index (κ3) is 2.14. The van der Waals surface area contributed by atoms with Gasteiger partial charge in [-0.05, 0) is 23.6 Å². The van der Waals surface area contributed by atoms with Crippen LogP contribution in [0.15, 0.2) is 23.6 Å². The molecule has 0 radical (unpaired) electrons. The Kier molecular flexibility index (Phi) is 3.19. The molecule has 0 aliphatic carbocycles. The predicted octanol–water partition coefficient (Wildman–Crippen LogP) is 5.41. The highest BCUT2D eigenvalue weighted by atomic mass is 35.5. The molecule has 1 N–H and O–H groups in total. The van der Waals surface area contributed by atoms with Crippen molar-refractivity contribution < 1.29 is 5.11 Å². The van der Waals surface area contributed by atoms with Crippen LogP contribution in [-0.4, -0.2) is 5.11 Å². The van der Waals surface area contributed by atoms with Gasteiger partial charge in [-0.3, -0.25) is 0 Å². The summed E-state index contributed by atoms with van der Waals surface area (Å²) in [4.78, 5) is 0.906. The third-order valence-electron chi connectivity index (χ3n) is 2.41. The van der Waals surface area contributed by atoms with Crippen molar-refractivity contribution >= 4 is 66.6 Å². The van der Waals surface area contributed by atoms with Crippen molar-refractivity contribution in [2.45, 2.75) is 6.10 Å². The largest absolute Gasteiger partial charge is 0.383 e. The Bertz CT molecular complexity index is 639. The summed E-state index contributed by atoms with van der Waals surface area (Å²) in [5.41, 5.74) is 0.690. The second kappa shape index (κ2) is 4.53. The Balaban J connectivity index is 2.04. The number of hydrogen-bond acceptors (Lipinski definition) is 4. The van der Waals surface area contributed by atoms with Crippen molar-refractivity contribution in [3.05, 3.63) is 42.7 Å². The minimum atomic E-state index is -0.684. The van der Waals surface area contributed by atoms with Crippen LogP contribution in [0.4, 0.5) is 0 Å². The number of thiophene rings is 3. The molecule has 6 heteroatoms. The van der Waals surface area contributed by atoms with Gasteiger partial charge in [-0.2, -0.15) is 0 Å². The van der Waals surface area contributed by atoms with Gasteiger partial charge in [-0.25, -0.2) is 0 Å². The Morgan fingerprint density at radius 1 is 1.12 bits per heavy atom. The summed E-state index contributed by atoms with van der Waals surface area (Å²) in [6.07, 6.45) is -0.684. The van der Waals surface area contributed by atoms with Gasteiger partial charge in [0.05, 0.1) is 4.34 Å². The second-order valence-corrected chi connectivity index (χ2v) is 7.83. The average Bonchev–Trinajstić information content (AvgIpc) is 2.90. The third-order valence-corrected chi connectivity index (χ3v) is 6.07. The molecule has 0 saturated heterocycles. The standard InChI is InChI=1S/C11H6Cl2OS3/c12-9-3-5(11(13)17-9)10(14)8-4-7-6(16-8)1-2-15-7/h1-4,10,14H. The normalized spacial score (nSPS) is 13.4. The average molecular weight is 321 g/mol. The molecule has 1 unspecified atom stereocenters. The molecule has 1 atom stereocenters. The van der Waals surface area contributed by atoms with E-state index in [0.29, 0.717) is 14.2 Å². The highest BCUT2D eigenvalue weighted by Crippen LogP contribution is 2.41. The first kappa shape index (κ1) is 12.0. The summed E-state index contributed by atoms with van der Waals surface area (Å²) in [5, 5.41) is 12.3. The molecule has 1 nitrogen and oxygen atoms in total. The summed E-state index contributed by atoms with van der Waals surface area (Å²) in [5.74, 6) is 0. The van der Waals surface area contributed by atoms with E-state index in [0.717, 1.165) is 4.88 Å². The van der Waals surface area contributed by atoms with E-state index in [4.69, 9.17) is 23.2 Å². The van der Waals surface area contributed by atoms with Gasteiger partial charge in [0.15, 0.2) is 0 Å². The first-order valence-electron chi connectivity index (χ1n) is 4.75. The van der Waals surface area contributed by atoms with Crippen molar-refractivity contribution in [3.63, 3.8) is 0 Å². The van der Waals surface area contributed by atoms with E-state index in [9.17, 15) is 5.11 Å². The second-order valence-electron chi connectivity index (χ2n) is 3.48. The van der Waals surface area contributed by atoms with E-state index in [1.54, 1.807) is 28.7 Å². The van der Waals surface area contributed by atoms with Crippen LogP contribution >= 0.6 is 57.2 Å². The van der Waals surface area contributed by atoms with Crippen molar-refractivity contribution in [1.29, 1.82) is 0 Å². The molecule has 0 saturated carbocycles. The molecule has 0 spiro atoms. The molecule has 0 fully saturated rings. The fourth-order valence-corrected chi connectivity index (χ4v) is 5.26. The highest BCUT2D eigenvalue weighted by molar-refractivity contribution is 7.27. The number of hydrogen-bond donors (Lipinski definition) is 1. The molecule has 3 aromatic heterocycles. The Morgan fingerprint density at radius 3 is 2.59 bits per heavy atom.